The fraction of sp³-hybridized carbons (Fsp3) is 0.333. The van der Waals surface area contributed by atoms with Crippen LogP contribution in [0.2, 0.25) is 0 Å². The average molecular weight is 466 g/mol. The fourth-order valence-corrected chi connectivity index (χ4v) is 4.77. The van der Waals surface area contributed by atoms with Crippen LogP contribution in [-0.4, -0.2) is 22.2 Å². The van der Waals surface area contributed by atoms with Crippen molar-refractivity contribution in [2.24, 2.45) is 5.92 Å². The fourth-order valence-electron chi connectivity index (χ4n) is 3.24. The molecule has 4 nitrogen and oxygen atoms in total. The minimum atomic E-state index is -1.03. The molecule has 2 aromatic rings. The molecule has 1 N–H and O–H groups in total. The molecule has 0 radical (unpaired) electrons. The molecule has 28 heavy (non-hydrogen) atoms. The van der Waals surface area contributed by atoms with Crippen LogP contribution in [0.5, 0.6) is 0 Å². The Morgan fingerprint density at radius 1 is 1.29 bits per heavy atom. The topological polar surface area (TPSA) is 57.6 Å². The molecule has 0 aromatic heterocycles. The van der Waals surface area contributed by atoms with Gasteiger partial charge in [0.05, 0.1) is 23.9 Å². The summed E-state index contributed by atoms with van der Waals surface area (Å²) < 4.78 is 15.0. The van der Waals surface area contributed by atoms with Crippen molar-refractivity contribution in [2.45, 2.75) is 43.4 Å². The van der Waals surface area contributed by atoms with Gasteiger partial charge in [-0.2, -0.15) is 0 Å². The van der Waals surface area contributed by atoms with E-state index in [1.54, 1.807) is 12.1 Å². The molecule has 1 atom stereocenters. The highest BCUT2D eigenvalue weighted by atomic mass is 79.9. The lowest BCUT2D eigenvalue weighted by molar-refractivity contribution is -0.138. The molecular formula is C21H21BrFNO3S. The summed E-state index contributed by atoms with van der Waals surface area (Å²) in [5, 5.41) is 8.45. The van der Waals surface area contributed by atoms with Crippen molar-refractivity contribution in [1.82, 2.24) is 0 Å². The standard InChI is InChI=1S/C21H21BrFNO3S/c1-12(2)7-13-3-6-18-17(8-13)24(21(27)19(28-18)10-20(25)26)11-14-4-5-15(22)9-16(14)23/h3-6,8-9,12,19H,7,10-11H2,1-2H3,(H,25,26). The van der Waals surface area contributed by atoms with Gasteiger partial charge in [-0.05, 0) is 42.2 Å². The summed E-state index contributed by atoms with van der Waals surface area (Å²) in [5.41, 5.74) is 2.20. The number of hydrogen-bond donors (Lipinski definition) is 1. The summed E-state index contributed by atoms with van der Waals surface area (Å²) in [4.78, 5) is 26.6. The van der Waals surface area contributed by atoms with E-state index in [1.807, 2.05) is 18.2 Å². The Labute approximate surface area is 176 Å². The number of aliphatic carboxylic acids is 1. The van der Waals surface area contributed by atoms with E-state index in [1.165, 1.54) is 22.7 Å². The number of amides is 1. The molecule has 0 bridgehead atoms. The van der Waals surface area contributed by atoms with Gasteiger partial charge in [-0.15, -0.1) is 11.8 Å². The van der Waals surface area contributed by atoms with Gasteiger partial charge < -0.3 is 10.0 Å². The minimum absolute atomic E-state index is 0.0623. The number of carboxylic acid groups (broad SMARTS) is 1. The molecule has 3 rings (SSSR count). The molecule has 0 aliphatic carbocycles. The number of halogens is 2. The van der Waals surface area contributed by atoms with Crippen LogP contribution < -0.4 is 4.90 Å². The first-order valence-corrected chi connectivity index (χ1v) is 10.7. The van der Waals surface area contributed by atoms with Gasteiger partial charge in [0.2, 0.25) is 5.91 Å². The third-order valence-electron chi connectivity index (χ3n) is 4.47. The van der Waals surface area contributed by atoms with Crippen LogP contribution in [0, 0.1) is 11.7 Å². The van der Waals surface area contributed by atoms with E-state index in [0.717, 1.165) is 22.6 Å². The van der Waals surface area contributed by atoms with Gasteiger partial charge in [0.1, 0.15) is 5.82 Å². The second-order valence-corrected chi connectivity index (χ2v) is 9.42. The van der Waals surface area contributed by atoms with Crippen molar-refractivity contribution in [3.63, 3.8) is 0 Å². The predicted molar refractivity (Wildman–Crippen MR) is 112 cm³/mol. The zero-order valence-electron chi connectivity index (χ0n) is 15.6. The van der Waals surface area contributed by atoms with Gasteiger partial charge in [-0.25, -0.2) is 4.39 Å². The molecule has 2 aromatic carbocycles. The first kappa shape index (κ1) is 20.9. The minimum Gasteiger partial charge on any atom is -0.481 e. The summed E-state index contributed by atoms with van der Waals surface area (Å²) in [7, 11) is 0. The molecule has 1 heterocycles. The zero-order valence-corrected chi connectivity index (χ0v) is 18.0. The van der Waals surface area contributed by atoms with Crippen molar-refractivity contribution in [2.75, 3.05) is 4.90 Å². The normalized spacial score (nSPS) is 16.4. The number of thioether (sulfide) groups is 1. The molecule has 1 aliphatic rings. The number of hydrogen-bond acceptors (Lipinski definition) is 3. The van der Waals surface area contributed by atoms with Gasteiger partial charge in [0.25, 0.3) is 0 Å². The summed E-state index contributed by atoms with van der Waals surface area (Å²) in [5.74, 6) is -1.28. The van der Waals surface area contributed by atoms with E-state index >= 15 is 0 Å². The Morgan fingerprint density at radius 3 is 2.68 bits per heavy atom. The molecule has 1 amide bonds. The Kier molecular flexibility index (Phi) is 6.45. The van der Waals surface area contributed by atoms with E-state index in [4.69, 9.17) is 0 Å². The third kappa shape index (κ3) is 4.75. The predicted octanol–water partition coefficient (Wildman–Crippen LogP) is 5.27. The van der Waals surface area contributed by atoms with E-state index < -0.39 is 17.0 Å². The number of carbonyl (C=O) groups excluding carboxylic acids is 1. The van der Waals surface area contributed by atoms with Crippen molar-refractivity contribution in [1.29, 1.82) is 0 Å². The highest BCUT2D eigenvalue weighted by molar-refractivity contribution is 9.10. The van der Waals surface area contributed by atoms with Crippen LogP contribution in [0.1, 0.15) is 31.4 Å². The second-order valence-electron chi connectivity index (χ2n) is 7.26. The molecular weight excluding hydrogens is 445 g/mol. The van der Waals surface area contributed by atoms with Gasteiger partial charge >= 0.3 is 5.97 Å². The van der Waals surface area contributed by atoms with E-state index in [9.17, 15) is 19.1 Å². The third-order valence-corrected chi connectivity index (χ3v) is 6.22. The van der Waals surface area contributed by atoms with Crippen molar-refractivity contribution in [3.05, 3.63) is 57.8 Å². The highest BCUT2D eigenvalue weighted by Crippen LogP contribution is 2.42. The largest absolute Gasteiger partial charge is 0.481 e. The van der Waals surface area contributed by atoms with E-state index in [0.29, 0.717) is 16.0 Å². The van der Waals surface area contributed by atoms with Crippen LogP contribution in [0.4, 0.5) is 10.1 Å². The van der Waals surface area contributed by atoms with Crippen LogP contribution in [0.3, 0.4) is 0 Å². The Morgan fingerprint density at radius 2 is 2.04 bits per heavy atom. The monoisotopic (exact) mass is 465 g/mol. The number of anilines is 1. The quantitative estimate of drug-likeness (QED) is 0.631. The highest BCUT2D eigenvalue weighted by Gasteiger charge is 2.35. The first-order valence-electron chi connectivity index (χ1n) is 9.01. The number of benzene rings is 2. The van der Waals surface area contributed by atoms with Crippen LogP contribution >= 0.6 is 27.7 Å². The smallest absolute Gasteiger partial charge is 0.305 e. The van der Waals surface area contributed by atoms with Gasteiger partial charge in [-0.3, -0.25) is 9.59 Å². The maximum absolute atomic E-state index is 14.4. The van der Waals surface area contributed by atoms with Crippen LogP contribution in [0.25, 0.3) is 0 Å². The summed E-state index contributed by atoms with van der Waals surface area (Å²) in [6, 6.07) is 10.6. The average Bonchev–Trinajstić information content (AvgIpc) is 2.60. The van der Waals surface area contributed by atoms with Crippen LogP contribution in [-0.2, 0) is 22.6 Å². The first-order chi connectivity index (χ1) is 13.2. The molecule has 7 heteroatoms. The number of nitrogens with zero attached hydrogens (tertiary/aromatic N) is 1. The zero-order chi connectivity index (χ0) is 20.4. The van der Waals surface area contributed by atoms with E-state index in [-0.39, 0.29) is 18.9 Å². The van der Waals surface area contributed by atoms with E-state index in [2.05, 4.69) is 29.8 Å². The lowest BCUT2D eigenvalue weighted by Crippen LogP contribution is -2.41. The Balaban J connectivity index is 2.01. The van der Waals surface area contributed by atoms with Crippen LogP contribution in [0.15, 0.2) is 45.8 Å². The van der Waals surface area contributed by atoms with Gasteiger partial charge in [-0.1, -0.05) is 41.9 Å². The molecule has 1 aliphatic heterocycles. The molecule has 0 fully saturated rings. The number of rotatable bonds is 6. The number of fused-ring (bicyclic) bond motifs is 1. The number of carboxylic acids is 1. The molecule has 0 saturated heterocycles. The Bertz CT molecular complexity index is 919. The number of carbonyl (C=O) groups is 2. The summed E-state index contributed by atoms with van der Waals surface area (Å²) in [6.07, 6.45) is 0.598. The molecule has 0 spiro atoms. The molecule has 0 saturated carbocycles. The summed E-state index contributed by atoms with van der Waals surface area (Å²) >= 11 is 4.51. The molecule has 1 unspecified atom stereocenters. The maximum atomic E-state index is 14.4. The summed E-state index contributed by atoms with van der Waals surface area (Å²) in [6.45, 7) is 4.31. The van der Waals surface area contributed by atoms with Crippen molar-refractivity contribution < 1.29 is 19.1 Å². The van der Waals surface area contributed by atoms with Gasteiger partial charge in [0, 0.05) is 14.9 Å². The lowest BCUT2D eigenvalue weighted by Gasteiger charge is -2.34. The maximum Gasteiger partial charge on any atom is 0.305 e. The van der Waals surface area contributed by atoms with Gasteiger partial charge in [0.15, 0.2) is 0 Å². The van der Waals surface area contributed by atoms with Crippen molar-refractivity contribution in [3.8, 4) is 0 Å². The Hall–Kier alpha value is -1.86. The lowest BCUT2D eigenvalue weighted by atomic mass is 10.0. The van der Waals surface area contributed by atoms with Crippen molar-refractivity contribution >= 4 is 45.3 Å². The second kappa shape index (κ2) is 8.66. The molecule has 148 valence electrons. The SMILES string of the molecule is CC(C)Cc1ccc2c(c1)N(Cc1ccc(Br)cc1F)C(=O)C(CC(=O)O)S2.